The summed E-state index contributed by atoms with van der Waals surface area (Å²) in [5.41, 5.74) is 7.45. The number of nitriles is 1. The Kier molecular flexibility index (Phi) is 4.49. The SMILES string of the molecule is CCC(=O)C1=C(C)OC(N)=C(C#N)C1c1ccc(Br)cc1. The number of benzene rings is 1. The Labute approximate surface area is 132 Å². The molecule has 21 heavy (non-hydrogen) atoms. The molecule has 4 nitrogen and oxygen atoms in total. The molecule has 1 aliphatic rings. The molecule has 0 amide bonds. The van der Waals surface area contributed by atoms with Gasteiger partial charge in [0.25, 0.3) is 0 Å². The van der Waals surface area contributed by atoms with Gasteiger partial charge in [-0.2, -0.15) is 5.26 Å². The van der Waals surface area contributed by atoms with Gasteiger partial charge in [-0.1, -0.05) is 35.0 Å². The summed E-state index contributed by atoms with van der Waals surface area (Å²) in [7, 11) is 0. The third-order valence-corrected chi connectivity index (χ3v) is 3.96. The van der Waals surface area contributed by atoms with Crippen molar-refractivity contribution in [3.63, 3.8) is 0 Å². The highest BCUT2D eigenvalue weighted by atomic mass is 79.9. The predicted octanol–water partition coefficient (Wildman–Crippen LogP) is 3.51. The minimum Gasteiger partial charge on any atom is -0.445 e. The molecular weight excluding hydrogens is 332 g/mol. The van der Waals surface area contributed by atoms with Gasteiger partial charge >= 0.3 is 0 Å². The summed E-state index contributed by atoms with van der Waals surface area (Å²) < 4.78 is 6.31. The van der Waals surface area contributed by atoms with E-state index in [1.807, 2.05) is 24.3 Å². The van der Waals surface area contributed by atoms with E-state index in [4.69, 9.17) is 10.5 Å². The summed E-state index contributed by atoms with van der Waals surface area (Å²) in [4.78, 5) is 12.3. The van der Waals surface area contributed by atoms with Crippen LogP contribution in [0.1, 0.15) is 31.7 Å². The molecule has 5 heteroatoms. The molecule has 1 aromatic rings. The number of nitrogens with two attached hydrogens (primary N) is 1. The number of Topliss-reactive ketones (excluding diaryl/α,β-unsaturated/α-hetero) is 1. The molecule has 1 aromatic carbocycles. The molecule has 2 N–H and O–H groups in total. The van der Waals surface area contributed by atoms with Crippen LogP contribution in [0.15, 0.2) is 51.5 Å². The first-order valence-corrected chi connectivity index (χ1v) is 7.35. The lowest BCUT2D eigenvalue weighted by Crippen LogP contribution is -2.24. The molecule has 0 aliphatic carbocycles. The summed E-state index contributed by atoms with van der Waals surface area (Å²) in [6, 6.07) is 9.58. The first-order valence-electron chi connectivity index (χ1n) is 6.56. The standard InChI is InChI=1S/C16H15BrN2O2/c1-3-13(20)14-9(2)21-16(19)12(8-18)15(14)10-4-6-11(17)7-5-10/h4-7,15H,3,19H2,1-2H3. The van der Waals surface area contributed by atoms with Gasteiger partial charge in [-0.15, -0.1) is 0 Å². The first kappa shape index (κ1) is 15.3. The molecule has 2 rings (SSSR count). The number of hydrogen-bond acceptors (Lipinski definition) is 4. The lowest BCUT2D eigenvalue weighted by molar-refractivity contribution is -0.115. The third kappa shape index (κ3) is 2.86. The summed E-state index contributed by atoms with van der Waals surface area (Å²) in [5, 5.41) is 9.40. The average Bonchev–Trinajstić information content (AvgIpc) is 2.46. The number of rotatable bonds is 3. The van der Waals surface area contributed by atoms with Crippen molar-refractivity contribution in [3.05, 3.63) is 57.1 Å². The molecule has 1 unspecified atom stereocenters. The number of allylic oxidation sites excluding steroid dienone is 3. The molecule has 0 spiro atoms. The van der Waals surface area contributed by atoms with Gasteiger partial charge in [-0.3, -0.25) is 4.79 Å². The number of ether oxygens (including phenoxy) is 1. The van der Waals surface area contributed by atoms with Gasteiger partial charge in [0.1, 0.15) is 17.4 Å². The Bertz CT molecular complexity index is 681. The number of ketones is 1. The van der Waals surface area contributed by atoms with E-state index in [0.29, 0.717) is 17.8 Å². The fourth-order valence-electron chi connectivity index (χ4n) is 2.42. The largest absolute Gasteiger partial charge is 0.445 e. The van der Waals surface area contributed by atoms with E-state index >= 15 is 0 Å². The molecule has 1 aliphatic heterocycles. The second-order valence-electron chi connectivity index (χ2n) is 4.72. The van der Waals surface area contributed by atoms with E-state index in [-0.39, 0.29) is 17.2 Å². The van der Waals surface area contributed by atoms with E-state index in [9.17, 15) is 10.1 Å². The normalized spacial score (nSPS) is 18.3. The van der Waals surface area contributed by atoms with Crippen LogP contribution in [0.25, 0.3) is 0 Å². The van der Waals surface area contributed by atoms with Crippen LogP contribution in [0.2, 0.25) is 0 Å². The van der Waals surface area contributed by atoms with E-state index in [2.05, 4.69) is 22.0 Å². The molecule has 0 fully saturated rings. The monoisotopic (exact) mass is 346 g/mol. The van der Waals surface area contributed by atoms with Crippen LogP contribution < -0.4 is 5.73 Å². The van der Waals surface area contributed by atoms with Crippen molar-refractivity contribution in [2.45, 2.75) is 26.2 Å². The molecule has 0 saturated carbocycles. The van der Waals surface area contributed by atoms with E-state index in [1.54, 1.807) is 13.8 Å². The van der Waals surface area contributed by atoms with Crippen molar-refractivity contribution < 1.29 is 9.53 Å². The van der Waals surface area contributed by atoms with E-state index in [1.165, 1.54) is 0 Å². The van der Waals surface area contributed by atoms with Gasteiger partial charge in [0.05, 0.1) is 5.92 Å². The topological polar surface area (TPSA) is 76.1 Å². The molecule has 1 heterocycles. The summed E-state index contributed by atoms with van der Waals surface area (Å²) in [6.45, 7) is 3.49. The van der Waals surface area contributed by atoms with Crippen LogP contribution in [-0.2, 0) is 9.53 Å². The maximum Gasteiger partial charge on any atom is 0.205 e. The fraction of sp³-hybridized carbons (Fsp3) is 0.250. The Morgan fingerprint density at radius 2 is 2.05 bits per heavy atom. The minimum absolute atomic E-state index is 0.0410. The summed E-state index contributed by atoms with van der Waals surface area (Å²) >= 11 is 3.38. The highest BCUT2D eigenvalue weighted by Crippen LogP contribution is 2.39. The Morgan fingerprint density at radius 3 is 2.57 bits per heavy atom. The maximum absolute atomic E-state index is 12.3. The number of carbonyl (C=O) groups is 1. The van der Waals surface area contributed by atoms with Crippen LogP contribution in [0.4, 0.5) is 0 Å². The van der Waals surface area contributed by atoms with Gasteiger partial charge in [0, 0.05) is 16.5 Å². The first-order chi connectivity index (χ1) is 9.99. The van der Waals surface area contributed by atoms with Crippen molar-refractivity contribution in [1.82, 2.24) is 0 Å². The van der Waals surface area contributed by atoms with Crippen LogP contribution >= 0.6 is 15.9 Å². The van der Waals surface area contributed by atoms with Gasteiger partial charge in [0.2, 0.25) is 5.88 Å². The number of carbonyl (C=O) groups excluding carboxylic acids is 1. The Morgan fingerprint density at radius 1 is 1.43 bits per heavy atom. The molecular formula is C16H15BrN2O2. The van der Waals surface area contributed by atoms with E-state index in [0.717, 1.165) is 10.0 Å². The van der Waals surface area contributed by atoms with Gasteiger partial charge in [-0.05, 0) is 24.6 Å². The van der Waals surface area contributed by atoms with Crippen LogP contribution in [0.5, 0.6) is 0 Å². The highest BCUT2D eigenvalue weighted by Gasteiger charge is 2.34. The summed E-state index contributed by atoms with van der Waals surface area (Å²) in [6.07, 6.45) is 0.349. The molecule has 0 aromatic heterocycles. The molecule has 1 atom stereocenters. The zero-order valence-corrected chi connectivity index (χ0v) is 13.4. The van der Waals surface area contributed by atoms with Crippen molar-refractivity contribution in [2.24, 2.45) is 5.73 Å². The zero-order chi connectivity index (χ0) is 15.6. The Hall–Kier alpha value is -2.06. The smallest absolute Gasteiger partial charge is 0.205 e. The lowest BCUT2D eigenvalue weighted by Gasteiger charge is -2.27. The zero-order valence-electron chi connectivity index (χ0n) is 11.8. The lowest BCUT2D eigenvalue weighted by atomic mass is 9.81. The van der Waals surface area contributed by atoms with Crippen LogP contribution in [0.3, 0.4) is 0 Å². The second-order valence-corrected chi connectivity index (χ2v) is 5.64. The van der Waals surface area contributed by atoms with Gasteiger partial charge in [0.15, 0.2) is 5.78 Å². The number of halogens is 1. The maximum atomic E-state index is 12.3. The van der Waals surface area contributed by atoms with Crippen molar-refractivity contribution in [3.8, 4) is 6.07 Å². The molecule has 0 saturated heterocycles. The Balaban J connectivity index is 2.63. The van der Waals surface area contributed by atoms with Crippen LogP contribution in [0, 0.1) is 11.3 Å². The fourth-order valence-corrected chi connectivity index (χ4v) is 2.69. The van der Waals surface area contributed by atoms with Gasteiger partial charge < -0.3 is 10.5 Å². The minimum atomic E-state index is -0.468. The molecule has 108 valence electrons. The number of nitrogens with zero attached hydrogens (tertiary/aromatic N) is 1. The third-order valence-electron chi connectivity index (χ3n) is 3.43. The van der Waals surface area contributed by atoms with E-state index < -0.39 is 5.92 Å². The summed E-state index contributed by atoms with van der Waals surface area (Å²) in [5.74, 6) is 0.0202. The quantitative estimate of drug-likeness (QED) is 0.908. The molecule has 0 bridgehead atoms. The highest BCUT2D eigenvalue weighted by molar-refractivity contribution is 9.10. The second kappa shape index (κ2) is 6.15. The van der Waals surface area contributed by atoms with Crippen molar-refractivity contribution in [1.29, 1.82) is 5.26 Å². The number of hydrogen-bond donors (Lipinski definition) is 1. The van der Waals surface area contributed by atoms with Crippen molar-refractivity contribution >= 4 is 21.7 Å². The van der Waals surface area contributed by atoms with Crippen molar-refractivity contribution in [2.75, 3.05) is 0 Å². The average molecular weight is 347 g/mol. The predicted molar refractivity (Wildman–Crippen MR) is 82.8 cm³/mol. The van der Waals surface area contributed by atoms with Crippen LogP contribution in [-0.4, -0.2) is 5.78 Å². The van der Waals surface area contributed by atoms with Gasteiger partial charge in [-0.25, -0.2) is 0 Å². The molecule has 0 radical (unpaired) electrons.